The van der Waals surface area contributed by atoms with Gasteiger partial charge in [-0.3, -0.25) is 4.79 Å². The second-order valence-corrected chi connectivity index (χ2v) is 4.73. The van der Waals surface area contributed by atoms with Crippen molar-refractivity contribution in [3.05, 3.63) is 23.8 Å². The van der Waals surface area contributed by atoms with E-state index in [1.54, 1.807) is 7.11 Å². The van der Waals surface area contributed by atoms with Crippen molar-refractivity contribution < 1.29 is 9.53 Å². The Morgan fingerprint density at radius 2 is 2.16 bits per heavy atom. The second-order valence-electron chi connectivity index (χ2n) is 4.73. The van der Waals surface area contributed by atoms with Crippen LogP contribution in [0.3, 0.4) is 0 Å². The Morgan fingerprint density at radius 3 is 2.63 bits per heavy atom. The van der Waals surface area contributed by atoms with Crippen molar-refractivity contribution in [1.82, 2.24) is 0 Å². The number of nitriles is 1. The number of ether oxygens (including phenoxy) is 1. The van der Waals surface area contributed by atoms with Crippen molar-refractivity contribution in [3.8, 4) is 11.8 Å². The number of aryl methyl sites for hydroxylation is 1. The van der Waals surface area contributed by atoms with Gasteiger partial charge in [0, 0.05) is 0 Å². The van der Waals surface area contributed by atoms with Gasteiger partial charge in [0.25, 0.3) is 0 Å². The highest BCUT2D eigenvalue weighted by Gasteiger charge is 2.22. The summed E-state index contributed by atoms with van der Waals surface area (Å²) in [6.45, 7) is 5.75. The van der Waals surface area contributed by atoms with E-state index in [1.165, 1.54) is 0 Å². The molecular weight excluding hydrogens is 240 g/mol. The third-order valence-electron chi connectivity index (χ3n) is 3.02. The summed E-state index contributed by atoms with van der Waals surface area (Å²) >= 11 is 0. The van der Waals surface area contributed by atoms with Crippen LogP contribution in [0.15, 0.2) is 18.2 Å². The number of methoxy groups -OCH3 is 1. The molecule has 4 nitrogen and oxygen atoms in total. The van der Waals surface area contributed by atoms with Crippen molar-refractivity contribution in [2.24, 2.45) is 11.8 Å². The van der Waals surface area contributed by atoms with Crippen LogP contribution in [0.4, 0.5) is 5.69 Å². The lowest BCUT2D eigenvalue weighted by atomic mass is 9.96. The Kier molecular flexibility index (Phi) is 5.37. The first-order valence-electron chi connectivity index (χ1n) is 6.40. The number of benzene rings is 1. The first kappa shape index (κ1) is 15.0. The molecule has 1 atom stereocenters. The monoisotopic (exact) mass is 260 g/mol. The molecule has 19 heavy (non-hydrogen) atoms. The summed E-state index contributed by atoms with van der Waals surface area (Å²) in [6.07, 6.45) is 0.874. The summed E-state index contributed by atoms with van der Waals surface area (Å²) in [5.74, 6) is -0.365. The molecule has 0 bridgehead atoms. The molecule has 0 aliphatic heterocycles. The highest BCUT2D eigenvalue weighted by atomic mass is 16.5. The van der Waals surface area contributed by atoms with Gasteiger partial charge in [-0.2, -0.15) is 5.26 Å². The zero-order valence-electron chi connectivity index (χ0n) is 11.9. The van der Waals surface area contributed by atoms with E-state index < -0.39 is 5.92 Å². The predicted octanol–water partition coefficient (Wildman–Crippen LogP) is 2.99. The normalized spacial score (nSPS) is 11.8. The Bertz CT molecular complexity index is 489. The Labute approximate surface area is 114 Å². The number of hydrogen-bond acceptors (Lipinski definition) is 3. The molecule has 1 aromatic rings. The predicted molar refractivity (Wildman–Crippen MR) is 74.9 cm³/mol. The molecule has 0 aliphatic carbocycles. The summed E-state index contributed by atoms with van der Waals surface area (Å²) in [4.78, 5) is 12.1. The lowest BCUT2D eigenvalue weighted by Gasteiger charge is -2.15. The van der Waals surface area contributed by atoms with E-state index in [0.29, 0.717) is 11.4 Å². The molecule has 0 radical (unpaired) electrons. The van der Waals surface area contributed by atoms with Crippen molar-refractivity contribution >= 4 is 11.6 Å². The number of rotatable bonds is 5. The van der Waals surface area contributed by atoms with E-state index in [0.717, 1.165) is 12.0 Å². The molecule has 0 aliphatic rings. The first-order valence-corrected chi connectivity index (χ1v) is 6.40. The molecule has 0 spiro atoms. The van der Waals surface area contributed by atoms with E-state index in [1.807, 2.05) is 45.0 Å². The second kappa shape index (κ2) is 6.79. The summed E-state index contributed by atoms with van der Waals surface area (Å²) in [5, 5.41) is 11.8. The minimum absolute atomic E-state index is 0.0228. The smallest absolute Gasteiger partial charge is 0.242 e. The van der Waals surface area contributed by atoms with Gasteiger partial charge < -0.3 is 10.1 Å². The average Bonchev–Trinajstić information content (AvgIpc) is 2.38. The maximum Gasteiger partial charge on any atom is 0.242 e. The van der Waals surface area contributed by atoms with Gasteiger partial charge in [0.05, 0.1) is 18.9 Å². The fourth-order valence-electron chi connectivity index (χ4n) is 1.79. The first-order chi connectivity index (χ1) is 9.03. The molecule has 4 heteroatoms. The molecule has 1 amide bonds. The van der Waals surface area contributed by atoms with Crippen LogP contribution in [-0.2, 0) is 11.2 Å². The van der Waals surface area contributed by atoms with Crippen LogP contribution in [0.2, 0.25) is 0 Å². The largest absolute Gasteiger partial charge is 0.495 e. The number of carbonyl (C=O) groups excluding carboxylic acids is 1. The fourth-order valence-corrected chi connectivity index (χ4v) is 1.79. The summed E-state index contributed by atoms with van der Waals surface area (Å²) in [6, 6.07) is 7.70. The van der Waals surface area contributed by atoms with Gasteiger partial charge in [0.1, 0.15) is 11.7 Å². The third-order valence-corrected chi connectivity index (χ3v) is 3.02. The minimum atomic E-state index is -0.657. The molecule has 1 N–H and O–H groups in total. The van der Waals surface area contributed by atoms with Crippen LogP contribution < -0.4 is 10.1 Å². The van der Waals surface area contributed by atoms with E-state index in [4.69, 9.17) is 10.00 Å². The number of amides is 1. The molecule has 0 saturated carbocycles. The van der Waals surface area contributed by atoms with E-state index in [2.05, 4.69) is 5.32 Å². The Morgan fingerprint density at radius 1 is 1.47 bits per heavy atom. The SMILES string of the molecule is CCc1ccc(OC)c(NC(=O)C(C#N)C(C)C)c1. The molecule has 0 saturated heterocycles. The maximum absolute atomic E-state index is 12.1. The summed E-state index contributed by atoms with van der Waals surface area (Å²) in [7, 11) is 1.56. The van der Waals surface area contributed by atoms with Crippen LogP contribution in [0, 0.1) is 23.2 Å². The minimum Gasteiger partial charge on any atom is -0.495 e. The quantitative estimate of drug-likeness (QED) is 0.885. The van der Waals surface area contributed by atoms with Gasteiger partial charge in [-0.1, -0.05) is 26.8 Å². The van der Waals surface area contributed by atoms with Crippen molar-refractivity contribution in [1.29, 1.82) is 5.26 Å². The number of nitrogens with zero attached hydrogens (tertiary/aromatic N) is 1. The topological polar surface area (TPSA) is 62.1 Å². The zero-order chi connectivity index (χ0) is 14.4. The molecule has 0 fully saturated rings. The van der Waals surface area contributed by atoms with Crippen LogP contribution in [0.1, 0.15) is 26.3 Å². The molecule has 1 unspecified atom stereocenters. The van der Waals surface area contributed by atoms with Gasteiger partial charge in [0.15, 0.2) is 0 Å². The summed E-state index contributed by atoms with van der Waals surface area (Å²) in [5.41, 5.74) is 1.72. The van der Waals surface area contributed by atoms with Gasteiger partial charge in [-0.05, 0) is 30.0 Å². The van der Waals surface area contributed by atoms with Gasteiger partial charge in [0.2, 0.25) is 5.91 Å². The number of nitrogens with one attached hydrogen (secondary N) is 1. The molecule has 1 aromatic carbocycles. The highest BCUT2D eigenvalue weighted by molar-refractivity contribution is 5.95. The number of carbonyl (C=O) groups is 1. The third kappa shape index (κ3) is 3.72. The van der Waals surface area contributed by atoms with Crippen molar-refractivity contribution in [2.75, 3.05) is 12.4 Å². The van der Waals surface area contributed by atoms with Crippen LogP contribution >= 0.6 is 0 Å². The molecule has 102 valence electrons. The Balaban J connectivity index is 2.98. The lowest BCUT2D eigenvalue weighted by Crippen LogP contribution is -2.25. The van der Waals surface area contributed by atoms with Crippen LogP contribution in [0.25, 0.3) is 0 Å². The van der Waals surface area contributed by atoms with E-state index >= 15 is 0 Å². The number of anilines is 1. The maximum atomic E-state index is 12.1. The van der Waals surface area contributed by atoms with Gasteiger partial charge >= 0.3 is 0 Å². The molecular formula is C15H20N2O2. The summed E-state index contributed by atoms with van der Waals surface area (Å²) < 4.78 is 5.22. The zero-order valence-corrected chi connectivity index (χ0v) is 11.9. The molecule has 1 rings (SSSR count). The van der Waals surface area contributed by atoms with Crippen LogP contribution in [-0.4, -0.2) is 13.0 Å². The van der Waals surface area contributed by atoms with Crippen molar-refractivity contribution in [3.63, 3.8) is 0 Å². The standard InChI is InChI=1S/C15H20N2O2/c1-5-11-6-7-14(19-4)13(8-11)17-15(18)12(9-16)10(2)3/h6-8,10,12H,5H2,1-4H3,(H,17,18). The van der Waals surface area contributed by atoms with E-state index in [9.17, 15) is 4.79 Å². The van der Waals surface area contributed by atoms with E-state index in [-0.39, 0.29) is 11.8 Å². The fraction of sp³-hybridized carbons (Fsp3) is 0.467. The molecule has 0 heterocycles. The van der Waals surface area contributed by atoms with Gasteiger partial charge in [-0.25, -0.2) is 0 Å². The van der Waals surface area contributed by atoms with Gasteiger partial charge in [-0.15, -0.1) is 0 Å². The highest BCUT2D eigenvalue weighted by Crippen LogP contribution is 2.26. The van der Waals surface area contributed by atoms with Crippen molar-refractivity contribution in [2.45, 2.75) is 27.2 Å². The van der Waals surface area contributed by atoms with Crippen LogP contribution in [0.5, 0.6) is 5.75 Å². The lowest BCUT2D eigenvalue weighted by molar-refractivity contribution is -0.119. The average molecular weight is 260 g/mol. The Hall–Kier alpha value is -2.02. The molecule has 0 aromatic heterocycles. The number of hydrogen-bond donors (Lipinski definition) is 1.